The molecule has 19 heteroatoms. The maximum absolute atomic E-state index is 10.2. The second-order valence-electron chi connectivity index (χ2n) is 29.4. The first-order valence-electron chi connectivity index (χ1n) is 38.6. The molecule has 9 heterocycles. The van der Waals surface area contributed by atoms with Crippen LogP contribution in [0.25, 0.3) is 0 Å². The molecule has 0 unspecified atom stereocenters. The molecule has 0 fully saturated rings. The van der Waals surface area contributed by atoms with Gasteiger partial charge in [-0.15, -0.1) is 0 Å². The summed E-state index contributed by atoms with van der Waals surface area (Å²) < 4.78 is 35.4. The Kier molecular flexibility index (Phi) is 22.5. The van der Waals surface area contributed by atoms with E-state index in [0.29, 0.717) is 98.1 Å². The lowest BCUT2D eigenvalue weighted by atomic mass is 9.92. The molecule has 10 atom stereocenters. The Hall–Kier alpha value is -12.5. The van der Waals surface area contributed by atoms with Gasteiger partial charge in [-0.3, -0.25) is 0 Å². The Labute approximate surface area is 652 Å². The largest absolute Gasteiger partial charge is 0.508 e. The molecular formula is C93H89N11O8. The Morgan fingerprint density at radius 3 is 1.02 bits per heavy atom. The predicted molar refractivity (Wildman–Crippen MR) is 435 cm³/mol. The third-order valence-corrected chi connectivity index (χ3v) is 21.1. The monoisotopic (exact) mass is 1490 g/mol. The third-order valence-electron chi connectivity index (χ3n) is 21.1. The smallest absolute Gasteiger partial charge is 0.236 e. The van der Waals surface area contributed by atoms with Crippen LogP contribution >= 0.6 is 0 Å². The van der Waals surface area contributed by atoms with Crippen LogP contribution in [0.5, 0.6) is 11.5 Å². The van der Waals surface area contributed by atoms with Crippen molar-refractivity contribution in [3.05, 3.63) is 363 Å². The molecule has 6 aliphatic heterocycles. The van der Waals surface area contributed by atoms with Crippen LogP contribution < -0.4 is 10.6 Å². The molecule has 0 saturated heterocycles. The molecule has 3 aromatic heterocycles. The van der Waals surface area contributed by atoms with Crippen molar-refractivity contribution >= 4 is 35.4 Å². The number of fused-ring (bicyclic) bond motifs is 6. The van der Waals surface area contributed by atoms with Crippen LogP contribution in [0.1, 0.15) is 154 Å². The molecule has 19 nitrogen and oxygen atoms in total. The van der Waals surface area contributed by atoms with E-state index in [1.807, 2.05) is 164 Å². The molecule has 112 heavy (non-hydrogen) atoms. The van der Waals surface area contributed by atoms with Crippen molar-refractivity contribution in [3.63, 3.8) is 0 Å². The van der Waals surface area contributed by atoms with Gasteiger partial charge >= 0.3 is 0 Å². The molecule has 0 amide bonds. The molecule has 11 aromatic rings. The first-order valence-corrected chi connectivity index (χ1v) is 38.6. The number of ether oxygens (including phenoxy) is 6. The van der Waals surface area contributed by atoms with Crippen LogP contribution in [0.4, 0.5) is 0 Å². The van der Waals surface area contributed by atoms with Gasteiger partial charge in [0.25, 0.3) is 0 Å². The third kappa shape index (κ3) is 17.0. The molecule has 0 spiro atoms. The van der Waals surface area contributed by atoms with Crippen LogP contribution in [0.2, 0.25) is 0 Å². The second kappa shape index (κ2) is 34.2. The molecule has 8 aromatic carbocycles. The summed E-state index contributed by atoms with van der Waals surface area (Å²) in [7, 11) is 0. The Bertz CT molecular complexity index is 4980. The predicted octanol–water partition coefficient (Wildman–Crippen LogP) is 16.2. The lowest BCUT2D eigenvalue weighted by Gasteiger charge is -2.30. The minimum absolute atomic E-state index is 0.00388. The van der Waals surface area contributed by atoms with Crippen molar-refractivity contribution < 1.29 is 38.6 Å². The topological polar surface area (TPSA) is 233 Å². The minimum Gasteiger partial charge on any atom is -0.508 e. The fourth-order valence-corrected chi connectivity index (χ4v) is 14.9. The maximum Gasteiger partial charge on any atom is 0.236 e. The van der Waals surface area contributed by atoms with Crippen molar-refractivity contribution in [2.24, 2.45) is 41.8 Å². The summed E-state index contributed by atoms with van der Waals surface area (Å²) in [4.78, 5) is 42.5. The highest BCUT2D eigenvalue weighted by atomic mass is 16.5. The molecule has 0 saturated carbocycles. The van der Waals surface area contributed by atoms with Crippen LogP contribution in [-0.4, -0.2) is 111 Å². The average molecular weight is 1490 g/mol. The average Bonchev–Trinajstić information content (AvgIpc) is 1.61. The van der Waals surface area contributed by atoms with Gasteiger partial charge in [0.1, 0.15) is 108 Å². The fraction of sp³-hybridized carbons (Fsp3) is 0.258. The number of rotatable bonds is 19. The first kappa shape index (κ1) is 73.7. The lowest BCUT2D eigenvalue weighted by molar-refractivity contribution is 0.205. The van der Waals surface area contributed by atoms with Crippen LogP contribution in [0, 0.1) is 11.8 Å². The van der Waals surface area contributed by atoms with Crippen molar-refractivity contribution in [2.75, 3.05) is 26.4 Å². The van der Waals surface area contributed by atoms with Gasteiger partial charge < -0.3 is 49.3 Å². The second-order valence-corrected chi connectivity index (χ2v) is 29.4. The summed E-state index contributed by atoms with van der Waals surface area (Å²) in [6.45, 7) is 12.0. The van der Waals surface area contributed by atoms with Crippen LogP contribution in [0.3, 0.4) is 0 Å². The summed E-state index contributed by atoms with van der Waals surface area (Å²) in [5.74, 6) is 5.11. The zero-order chi connectivity index (χ0) is 76.3. The van der Waals surface area contributed by atoms with E-state index in [2.05, 4.69) is 155 Å². The number of phenols is 2. The number of hydrogen-bond acceptors (Lipinski definition) is 19. The summed E-state index contributed by atoms with van der Waals surface area (Å²) in [5.41, 5.74) is 15.8. The van der Waals surface area contributed by atoms with E-state index < -0.39 is 0 Å². The molecule has 2 aliphatic carbocycles. The highest BCUT2D eigenvalue weighted by molar-refractivity contribution is 5.99. The normalized spacial score (nSPS) is 21.0. The van der Waals surface area contributed by atoms with Gasteiger partial charge in [0.05, 0.1) is 24.2 Å². The van der Waals surface area contributed by atoms with Gasteiger partial charge in [0, 0.05) is 37.1 Å². The summed E-state index contributed by atoms with van der Waals surface area (Å²) in [5, 5.41) is 27.8. The number of nitrogens with one attached hydrogen (secondary N) is 2. The molecule has 0 bridgehead atoms. The Morgan fingerprint density at radius 1 is 0.330 bits per heavy atom. The van der Waals surface area contributed by atoms with Crippen LogP contribution in [-0.2, 0) is 54.4 Å². The van der Waals surface area contributed by atoms with Gasteiger partial charge in [0.15, 0.2) is 0 Å². The van der Waals surface area contributed by atoms with Crippen molar-refractivity contribution in [3.8, 4) is 11.5 Å². The SMILES string of the molecule is CC(C)[C@H]1COC(c2cccc(C3=N[C@@H](C(C)C)CO3)n2)=N1.Oc1ccccc1CN[C@@H](c1ccccc1)[C@@H](NCc1ccccc1O)c1ccccc1.c1cc(C2=N[C@H]3c4ccccc4C[C@H]3O2)nc(C2=N[C@H]3c4ccccc4C[C@H]3O2)c1.c1ccc([C@H]2COC(c3cccc(C4=N[C@@H](c5ccccc5)CO4)n3)=N2)cc1. The van der Waals surface area contributed by atoms with Gasteiger partial charge in [-0.1, -0.05) is 252 Å². The molecule has 4 N–H and O–H groups in total. The summed E-state index contributed by atoms with van der Waals surface area (Å²) in [6, 6.07) is 90.4. The van der Waals surface area contributed by atoms with Gasteiger partial charge in [-0.25, -0.2) is 44.9 Å². The number of phenolic OH excluding ortho intramolecular Hbond substituents is 2. The highest BCUT2D eigenvalue weighted by Gasteiger charge is 2.42. The zero-order valence-corrected chi connectivity index (χ0v) is 62.9. The number of pyridine rings is 3. The number of aliphatic imine (C=N–C) groups is 6. The molecule has 19 rings (SSSR count). The number of benzene rings is 8. The number of aromatic nitrogens is 3. The molecule has 8 aliphatic rings. The molecular weight excluding hydrogens is 1400 g/mol. The zero-order valence-electron chi connectivity index (χ0n) is 62.9. The standard InChI is InChI=1S/C28H28N2O2.C25H19N3O2.C23H19N3O2.C17H23N3O2/c31-25-17-9-7-15-23(25)19-29-27(21-11-3-1-4-12-21)28(22-13-5-2-6-14-22)30-20-24-16-8-10-18-26(24)32;1-3-8-16-14(6-1)12-20-22(16)27-24(29-20)18-10-5-11-19(26-18)25-28-23-17-9-4-2-7-15(17)13-21(23)30-25;1-3-8-16(9-4-1)20-14-27-22(25-20)18-12-7-13-19(24-18)23-26-21(15-28-23)17-10-5-2-6-11-17;1-10(2)14-8-21-16(19-14)12-6-5-7-13(18-12)17-20-15(9-22-17)11(3)4/h1-18,27-32H,19-20H2;1-11,20-23H,12-13H2;1-13,20-21H,14-15H2;5-7,10-11,14-15H,8-9H2,1-4H3/t27-,28-;20-,21-,22+,23+;20-,21-;14-,15-/m0111/s1. The molecule has 0 radical (unpaired) electrons. The number of nitrogens with zero attached hydrogens (tertiary/aromatic N) is 9. The lowest BCUT2D eigenvalue weighted by Crippen LogP contribution is -2.35. The van der Waals surface area contributed by atoms with E-state index >= 15 is 0 Å². The molecule has 564 valence electrons. The van der Waals surface area contributed by atoms with E-state index in [4.69, 9.17) is 53.4 Å². The van der Waals surface area contributed by atoms with Crippen molar-refractivity contribution in [1.29, 1.82) is 0 Å². The Balaban J connectivity index is 0.000000114. The van der Waals surface area contributed by atoms with E-state index in [-0.39, 0.29) is 72.0 Å². The van der Waals surface area contributed by atoms with E-state index in [9.17, 15) is 10.2 Å². The maximum atomic E-state index is 10.2. The minimum atomic E-state index is -0.0657. The van der Waals surface area contributed by atoms with Gasteiger partial charge in [0.2, 0.25) is 35.4 Å². The van der Waals surface area contributed by atoms with E-state index in [1.165, 1.54) is 22.3 Å². The van der Waals surface area contributed by atoms with Gasteiger partial charge in [-0.05, 0) is 105 Å². The highest BCUT2D eigenvalue weighted by Crippen LogP contribution is 2.43. The summed E-state index contributed by atoms with van der Waals surface area (Å²) >= 11 is 0. The number of aromatic hydroxyl groups is 2. The van der Waals surface area contributed by atoms with Crippen LogP contribution in [0.15, 0.2) is 303 Å². The van der Waals surface area contributed by atoms with Crippen molar-refractivity contribution in [2.45, 2.75) is 114 Å². The Morgan fingerprint density at radius 2 is 0.652 bits per heavy atom. The fourth-order valence-electron chi connectivity index (χ4n) is 14.9. The quantitative estimate of drug-likeness (QED) is 0.0591. The number of para-hydroxylation sites is 2. The first-order chi connectivity index (χ1) is 55.0. The van der Waals surface area contributed by atoms with E-state index in [1.54, 1.807) is 12.1 Å². The van der Waals surface area contributed by atoms with Gasteiger partial charge in [-0.2, -0.15) is 0 Å². The van der Waals surface area contributed by atoms with E-state index in [0.717, 1.165) is 69.0 Å². The van der Waals surface area contributed by atoms with Crippen molar-refractivity contribution in [1.82, 2.24) is 25.6 Å². The summed E-state index contributed by atoms with van der Waals surface area (Å²) in [6.07, 6.45) is 1.93. The number of hydrogen-bond donors (Lipinski definition) is 4.